The summed E-state index contributed by atoms with van der Waals surface area (Å²) in [5.74, 6) is 0.142. The lowest BCUT2D eigenvalue weighted by molar-refractivity contribution is -0.129. The molecular formula is C18H22N2O3. The molecule has 0 fully saturated rings. The van der Waals surface area contributed by atoms with Crippen molar-refractivity contribution in [2.45, 2.75) is 26.3 Å². The minimum Gasteiger partial charge on any atom is -0.483 e. The molecule has 122 valence electrons. The fourth-order valence-electron chi connectivity index (χ4n) is 2.21. The zero-order chi connectivity index (χ0) is 16.7. The summed E-state index contributed by atoms with van der Waals surface area (Å²) in [5, 5.41) is 7.38. The van der Waals surface area contributed by atoms with Crippen molar-refractivity contribution < 1.29 is 14.3 Å². The number of fused-ring (bicyclic) bond motifs is 1. The van der Waals surface area contributed by atoms with E-state index >= 15 is 0 Å². The van der Waals surface area contributed by atoms with Crippen LogP contribution >= 0.6 is 0 Å². The van der Waals surface area contributed by atoms with Crippen LogP contribution in [0.3, 0.4) is 0 Å². The summed E-state index contributed by atoms with van der Waals surface area (Å²) in [6.45, 7) is 4.10. The molecule has 0 unspecified atom stereocenters. The highest BCUT2D eigenvalue weighted by Gasteiger charge is 2.15. The van der Waals surface area contributed by atoms with Crippen LogP contribution in [-0.4, -0.2) is 31.0 Å². The maximum Gasteiger partial charge on any atom is 0.258 e. The van der Waals surface area contributed by atoms with Crippen LogP contribution in [0.4, 0.5) is 0 Å². The number of rotatable bonds is 7. The van der Waals surface area contributed by atoms with Crippen molar-refractivity contribution in [2.75, 3.05) is 13.2 Å². The molecule has 2 rings (SSSR count). The standard InChI is InChI=1S/C18H22N2O3/c1-3-11-19-18(22)13(2)20-17(21)12-23-16-10-6-8-14-7-4-5-9-15(14)16/h4-10,13H,3,11-12H2,1-2H3,(H,19,22)(H,20,21)/t13-/m0/s1. The second-order valence-electron chi connectivity index (χ2n) is 5.35. The van der Waals surface area contributed by atoms with Crippen molar-refractivity contribution in [2.24, 2.45) is 0 Å². The Morgan fingerprint density at radius 1 is 1.13 bits per heavy atom. The largest absolute Gasteiger partial charge is 0.483 e. The summed E-state index contributed by atoms with van der Waals surface area (Å²) in [4.78, 5) is 23.6. The Labute approximate surface area is 136 Å². The minimum absolute atomic E-state index is 0.126. The number of nitrogens with one attached hydrogen (secondary N) is 2. The fraction of sp³-hybridized carbons (Fsp3) is 0.333. The number of amides is 2. The zero-order valence-corrected chi connectivity index (χ0v) is 13.5. The molecule has 5 heteroatoms. The van der Waals surface area contributed by atoms with Crippen LogP contribution in [0.25, 0.3) is 10.8 Å². The lowest BCUT2D eigenvalue weighted by Crippen LogP contribution is -2.46. The maximum atomic E-state index is 11.9. The third-order valence-corrected chi connectivity index (χ3v) is 3.43. The van der Waals surface area contributed by atoms with Gasteiger partial charge in [0.2, 0.25) is 5.91 Å². The van der Waals surface area contributed by atoms with Gasteiger partial charge in [-0.2, -0.15) is 0 Å². The van der Waals surface area contributed by atoms with E-state index in [0.29, 0.717) is 12.3 Å². The molecule has 0 spiro atoms. The van der Waals surface area contributed by atoms with E-state index in [4.69, 9.17) is 4.74 Å². The molecule has 0 heterocycles. The number of ether oxygens (including phenoxy) is 1. The molecular weight excluding hydrogens is 292 g/mol. The fourth-order valence-corrected chi connectivity index (χ4v) is 2.21. The van der Waals surface area contributed by atoms with Gasteiger partial charge in [-0.3, -0.25) is 9.59 Å². The normalized spacial score (nSPS) is 11.7. The van der Waals surface area contributed by atoms with E-state index in [9.17, 15) is 9.59 Å². The Balaban J connectivity index is 1.90. The summed E-state index contributed by atoms with van der Waals surface area (Å²) >= 11 is 0. The van der Waals surface area contributed by atoms with Gasteiger partial charge in [-0.25, -0.2) is 0 Å². The Morgan fingerprint density at radius 2 is 1.87 bits per heavy atom. The predicted molar refractivity (Wildman–Crippen MR) is 90.3 cm³/mol. The van der Waals surface area contributed by atoms with E-state index < -0.39 is 6.04 Å². The van der Waals surface area contributed by atoms with Gasteiger partial charge in [0.1, 0.15) is 11.8 Å². The molecule has 5 nitrogen and oxygen atoms in total. The molecule has 0 bridgehead atoms. The second-order valence-corrected chi connectivity index (χ2v) is 5.35. The van der Waals surface area contributed by atoms with Crippen molar-refractivity contribution in [3.63, 3.8) is 0 Å². The molecule has 0 saturated heterocycles. The summed E-state index contributed by atoms with van der Waals surface area (Å²) < 4.78 is 5.60. The maximum absolute atomic E-state index is 11.9. The first-order chi connectivity index (χ1) is 11.1. The van der Waals surface area contributed by atoms with Gasteiger partial charge in [0, 0.05) is 11.9 Å². The van der Waals surface area contributed by atoms with E-state index in [1.54, 1.807) is 6.92 Å². The monoisotopic (exact) mass is 314 g/mol. The topological polar surface area (TPSA) is 67.4 Å². The lowest BCUT2D eigenvalue weighted by atomic mass is 10.1. The predicted octanol–water partition coefficient (Wildman–Crippen LogP) is 2.25. The molecule has 1 atom stereocenters. The SMILES string of the molecule is CCCNC(=O)[C@H](C)NC(=O)COc1cccc2ccccc12. The van der Waals surface area contributed by atoms with Gasteiger partial charge < -0.3 is 15.4 Å². The van der Waals surface area contributed by atoms with E-state index in [-0.39, 0.29) is 18.4 Å². The van der Waals surface area contributed by atoms with Crippen LogP contribution < -0.4 is 15.4 Å². The molecule has 0 aliphatic heterocycles. The van der Waals surface area contributed by atoms with Gasteiger partial charge in [0.05, 0.1) is 0 Å². The van der Waals surface area contributed by atoms with E-state index in [2.05, 4.69) is 10.6 Å². The Morgan fingerprint density at radius 3 is 2.65 bits per heavy atom. The summed E-state index contributed by atoms with van der Waals surface area (Å²) in [6.07, 6.45) is 0.858. The van der Waals surface area contributed by atoms with Gasteiger partial charge in [0.25, 0.3) is 5.91 Å². The van der Waals surface area contributed by atoms with Crippen LogP contribution in [0.2, 0.25) is 0 Å². The van der Waals surface area contributed by atoms with Crippen molar-refractivity contribution in [1.82, 2.24) is 10.6 Å². The lowest BCUT2D eigenvalue weighted by Gasteiger charge is -2.14. The number of benzene rings is 2. The summed E-state index contributed by atoms with van der Waals surface area (Å²) in [5.41, 5.74) is 0. The van der Waals surface area contributed by atoms with Crippen LogP contribution in [-0.2, 0) is 9.59 Å². The van der Waals surface area contributed by atoms with Crippen molar-refractivity contribution in [3.05, 3.63) is 42.5 Å². The first kappa shape index (κ1) is 16.8. The average Bonchev–Trinajstić information content (AvgIpc) is 2.57. The third kappa shape index (κ3) is 4.71. The van der Waals surface area contributed by atoms with Gasteiger partial charge in [0.15, 0.2) is 6.61 Å². The van der Waals surface area contributed by atoms with E-state index in [1.165, 1.54) is 0 Å². The van der Waals surface area contributed by atoms with Crippen LogP contribution in [0.1, 0.15) is 20.3 Å². The highest BCUT2D eigenvalue weighted by molar-refractivity contribution is 5.90. The smallest absolute Gasteiger partial charge is 0.258 e. The van der Waals surface area contributed by atoms with E-state index in [0.717, 1.165) is 17.2 Å². The molecule has 0 aliphatic rings. The summed E-state index contributed by atoms with van der Waals surface area (Å²) in [7, 11) is 0. The molecule has 0 saturated carbocycles. The Hall–Kier alpha value is -2.56. The number of carbonyl (C=O) groups is 2. The molecule has 0 aromatic heterocycles. The second kappa shape index (κ2) is 8.17. The Kier molecular flexibility index (Phi) is 5.97. The first-order valence-electron chi connectivity index (χ1n) is 7.79. The minimum atomic E-state index is -0.579. The van der Waals surface area contributed by atoms with Crippen LogP contribution in [0.5, 0.6) is 5.75 Å². The molecule has 2 aromatic rings. The number of hydrogen-bond acceptors (Lipinski definition) is 3. The van der Waals surface area contributed by atoms with E-state index in [1.807, 2.05) is 49.4 Å². The molecule has 0 radical (unpaired) electrons. The third-order valence-electron chi connectivity index (χ3n) is 3.43. The average molecular weight is 314 g/mol. The van der Waals surface area contributed by atoms with Crippen molar-refractivity contribution in [1.29, 1.82) is 0 Å². The quantitative estimate of drug-likeness (QED) is 0.823. The number of hydrogen-bond donors (Lipinski definition) is 2. The molecule has 2 N–H and O–H groups in total. The first-order valence-corrected chi connectivity index (χ1v) is 7.79. The summed E-state index contributed by atoms with van der Waals surface area (Å²) in [6, 6.07) is 12.9. The van der Waals surface area contributed by atoms with Crippen molar-refractivity contribution in [3.8, 4) is 5.75 Å². The molecule has 23 heavy (non-hydrogen) atoms. The van der Waals surface area contributed by atoms with Gasteiger partial charge >= 0.3 is 0 Å². The van der Waals surface area contributed by atoms with Crippen LogP contribution in [0.15, 0.2) is 42.5 Å². The van der Waals surface area contributed by atoms with Gasteiger partial charge in [-0.05, 0) is 24.8 Å². The van der Waals surface area contributed by atoms with Gasteiger partial charge in [-0.1, -0.05) is 43.3 Å². The van der Waals surface area contributed by atoms with Crippen LogP contribution in [0, 0.1) is 0 Å². The number of carbonyl (C=O) groups excluding carboxylic acids is 2. The molecule has 2 amide bonds. The highest BCUT2D eigenvalue weighted by atomic mass is 16.5. The zero-order valence-electron chi connectivity index (χ0n) is 13.5. The molecule has 0 aliphatic carbocycles. The van der Waals surface area contributed by atoms with Gasteiger partial charge in [-0.15, -0.1) is 0 Å². The van der Waals surface area contributed by atoms with Crippen molar-refractivity contribution >= 4 is 22.6 Å². The Bertz CT molecular complexity index is 680. The molecule has 2 aromatic carbocycles. The highest BCUT2D eigenvalue weighted by Crippen LogP contribution is 2.24.